The molecule has 0 aromatic heterocycles. The van der Waals surface area contributed by atoms with Crippen molar-refractivity contribution in [1.82, 2.24) is 5.32 Å². The summed E-state index contributed by atoms with van der Waals surface area (Å²) in [5, 5.41) is 14.1. The SMILES string of the molecule is CNC1(C#N)CCCC(Sc2ccc(Cl)c(Cl)c2)C1. The fraction of sp³-hybridized carbons (Fsp3) is 0.500. The fourth-order valence-corrected chi connectivity index (χ4v) is 4.18. The van der Waals surface area contributed by atoms with Crippen molar-refractivity contribution in [3.05, 3.63) is 28.2 Å². The van der Waals surface area contributed by atoms with E-state index in [2.05, 4.69) is 11.4 Å². The lowest BCUT2D eigenvalue weighted by molar-refractivity contribution is 0.323. The third kappa shape index (κ3) is 3.58. The van der Waals surface area contributed by atoms with Crippen LogP contribution in [-0.4, -0.2) is 17.8 Å². The molecule has 0 bridgehead atoms. The van der Waals surface area contributed by atoms with Crippen LogP contribution in [0.2, 0.25) is 10.0 Å². The predicted octanol–water partition coefficient (Wildman–Crippen LogP) is 4.51. The molecule has 1 fully saturated rings. The van der Waals surface area contributed by atoms with Crippen molar-refractivity contribution in [3.63, 3.8) is 0 Å². The maximum Gasteiger partial charge on any atom is 0.107 e. The molecule has 1 saturated carbocycles. The molecule has 0 heterocycles. The first kappa shape index (κ1) is 15.0. The van der Waals surface area contributed by atoms with Crippen LogP contribution in [0.3, 0.4) is 0 Å². The molecule has 1 aliphatic carbocycles. The van der Waals surface area contributed by atoms with E-state index in [0.717, 1.165) is 30.6 Å². The van der Waals surface area contributed by atoms with Crippen LogP contribution >= 0.6 is 35.0 Å². The van der Waals surface area contributed by atoms with Gasteiger partial charge in [0.25, 0.3) is 0 Å². The number of thioether (sulfide) groups is 1. The largest absolute Gasteiger partial charge is 0.302 e. The van der Waals surface area contributed by atoms with Crippen molar-refractivity contribution < 1.29 is 0 Å². The Hall–Kier alpha value is -0.400. The molecule has 0 amide bonds. The Morgan fingerprint density at radius 1 is 1.42 bits per heavy atom. The van der Waals surface area contributed by atoms with E-state index in [1.807, 2.05) is 25.2 Å². The van der Waals surface area contributed by atoms with Gasteiger partial charge in [-0.15, -0.1) is 11.8 Å². The standard InChI is InChI=1S/C14H16Cl2N2S/c1-18-14(9-17)6-2-3-11(8-14)19-10-4-5-12(15)13(16)7-10/h4-5,7,11,18H,2-3,6,8H2,1H3. The molecule has 2 nitrogen and oxygen atoms in total. The van der Waals surface area contributed by atoms with Gasteiger partial charge in [0.05, 0.1) is 16.1 Å². The van der Waals surface area contributed by atoms with Crippen LogP contribution < -0.4 is 5.32 Å². The number of nitriles is 1. The molecular weight excluding hydrogens is 299 g/mol. The summed E-state index contributed by atoms with van der Waals surface area (Å²) in [6.45, 7) is 0. The number of hydrogen-bond acceptors (Lipinski definition) is 3. The van der Waals surface area contributed by atoms with Crippen molar-refractivity contribution in [3.8, 4) is 6.07 Å². The number of nitrogens with one attached hydrogen (secondary N) is 1. The number of rotatable bonds is 3. The Bertz CT molecular complexity index is 501. The Labute approximate surface area is 128 Å². The quantitative estimate of drug-likeness (QED) is 0.891. The second-order valence-corrected chi connectivity index (χ2v) is 7.04. The van der Waals surface area contributed by atoms with Crippen LogP contribution in [0.25, 0.3) is 0 Å². The van der Waals surface area contributed by atoms with Crippen LogP contribution in [0.5, 0.6) is 0 Å². The summed E-state index contributed by atoms with van der Waals surface area (Å²) < 4.78 is 0. The van der Waals surface area contributed by atoms with Gasteiger partial charge in [0.2, 0.25) is 0 Å². The van der Waals surface area contributed by atoms with E-state index < -0.39 is 0 Å². The van der Waals surface area contributed by atoms with Crippen LogP contribution in [0.15, 0.2) is 23.1 Å². The summed E-state index contributed by atoms with van der Waals surface area (Å²) in [5.41, 5.74) is -0.369. The first-order chi connectivity index (χ1) is 9.08. The second-order valence-electron chi connectivity index (χ2n) is 4.86. The van der Waals surface area contributed by atoms with Gasteiger partial charge in [0.15, 0.2) is 0 Å². The number of nitrogens with zero attached hydrogens (tertiary/aromatic N) is 1. The molecule has 1 aromatic carbocycles. The summed E-state index contributed by atoms with van der Waals surface area (Å²) in [6, 6.07) is 8.14. The lowest BCUT2D eigenvalue weighted by atomic mass is 9.83. The van der Waals surface area contributed by atoms with E-state index >= 15 is 0 Å². The molecule has 1 aromatic rings. The van der Waals surface area contributed by atoms with Gasteiger partial charge in [0.1, 0.15) is 5.54 Å². The van der Waals surface area contributed by atoms with E-state index in [1.165, 1.54) is 0 Å². The van der Waals surface area contributed by atoms with Crippen LogP contribution in [0.1, 0.15) is 25.7 Å². The van der Waals surface area contributed by atoms with Crippen molar-refractivity contribution in [2.24, 2.45) is 0 Å². The van der Waals surface area contributed by atoms with E-state index in [0.29, 0.717) is 15.3 Å². The van der Waals surface area contributed by atoms with Crippen LogP contribution in [-0.2, 0) is 0 Å². The molecule has 102 valence electrons. The maximum absolute atomic E-state index is 9.35. The average Bonchev–Trinajstić information content (AvgIpc) is 2.43. The lowest BCUT2D eigenvalue weighted by Crippen LogP contribution is -2.46. The first-order valence-electron chi connectivity index (χ1n) is 6.30. The monoisotopic (exact) mass is 314 g/mol. The molecule has 0 spiro atoms. The highest BCUT2D eigenvalue weighted by atomic mass is 35.5. The van der Waals surface area contributed by atoms with Crippen LogP contribution in [0, 0.1) is 11.3 Å². The third-order valence-electron chi connectivity index (χ3n) is 3.59. The molecule has 2 atom stereocenters. The molecule has 0 saturated heterocycles. The van der Waals surface area contributed by atoms with E-state index in [9.17, 15) is 5.26 Å². The molecule has 0 radical (unpaired) electrons. The molecule has 2 unspecified atom stereocenters. The summed E-state index contributed by atoms with van der Waals surface area (Å²) in [4.78, 5) is 1.12. The smallest absolute Gasteiger partial charge is 0.107 e. The first-order valence-corrected chi connectivity index (χ1v) is 7.94. The van der Waals surface area contributed by atoms with Gasteiger partial charge >= 0.3 is 0 Å². The zero-order chi connectivity index (χ0) is 13.9. The van der Waals surface area contributed by atoms with Gasteiger partial charge in [-0.2, -0.15) is 5.26 Å². The molecule has 19 heavy (non-hydrogen) atoms. The lowest BCUT2D eigenvalue weighted by Gasteiger charge is -2.35. The van der Waals surface area contributed by atoms with Crippen molar-refractivity contribution in [2.45, 2.75) is 41.4 Å². The minimum absolute atomic E-state index is 0.369. The molecule has 0 aliphatic heterocycles. The Kier molecular flexibility index (Phi) is 5.03. The molecular formula is C14H16Cl2N2S. The van der Waals surface area contributed by atoms with Crippen LogP contribution in [0.4, 0.5) is 0 Å². The van der Waals surface area contributed by atoms with E-state index in [-0.39, 0.29) is 5.54 Å². The molecule has 1 N–H and O–H groups in total. The normalized spacial score (nSPS) is 26.9. The van der Waals surface area contributed by atoms with Crippen molar-refractivity contribution in [1.29, 1.82) is 5.26 Å². The molecule has 5 heteroatoms. The summed E-state index contributed by atoms with van der Waals surface area (Å²) in [6.07, 6.45) is 4.01. The Morgan fingerprint density at radius 3 is 2.84 bits per heavy atom. The summed E-state index contributed by atoms with van der Waals surface area (Å²) in [5.74, 6) is 0. The van der Waals surface area contributed by atoms with Gasteiger partial charge in [-0.05, 0) is 50.9 Å². The molecule has 2 rings (SSSR count). The fourth-order valence-electron chi connectivity index (χ4n) is 2.45. The number of hydrogen-bond donors (Lipinski definition) is 1. The second kappa shape index (κ2) is 6.37. The van der Waals surface area contributed by atoms with Gasteiger partial charge in [-0.3, -0.25) is 0 Å². The zero-order valence-corrected chi connectivity index (χ0v) is 13.1. The minimum Gasteiger partial charge on any atom is -0.302 e. The minimum atomic E-state index is -0.369. The Balaban J connectivity index is 2.07. The summed E-state index contributed by atoms with van der Waals surface area (Å²) in [7, 11) is 1.87. The topological polar surface area (TPSA) is 35.8 Å². The van der Waals surface area contributed by atoms with Gasteiger partial charge in [0, 0.05) is 10.1 Å². The van der Waals surface area contributed by atoms with Gasteiger partial charge in [-0.1, -0.05) is 23.2 Å². The zero-order valence-electron chi connectivity index (χ0n) is 10.7. The van der Waals surface area contributed by atoms with Gasteiger partial charge in [-0.25, -0.2) is 0 Å². The van der Waals surface area contributed by atoms with E-state index in [4.69, 9.17) is 23.2 Å². The third-order valence-corrected chi connectivity index (χ3v) is 5.59. The van der Waals surface area contributed by atoms with Gasteiger partial charge < -0.3 is 5.32 Å². The van der Waals surface area contributed by atoms with E-state index in [1.54, 1.807) is 11.8 Å². The average molecular weight is 315 g/mol. The van der Waals surface area contributed by atoms with Crippen molar-refractivity contribution >= 4 is 35.0 Å². The highest BCUT2D eigenvalue weighted by molar-refractivity contribution is 8.00. The van der Waals surface area contributed by atoms with Crippen molar-refractivity contribution in [2.75, 3.05) is 7.05 Å². The highest BCUT2D eigenvalue weighted by Gasteiger charge is 2.35. The Morgan fingerprint density at radius 2 is 2.21 bits per heavy atom. The molecule has 1 aliphatic rings. The number of halogens is 2. The highest BCUT2D eigenvalue weighted by Crippen LogP contribution is 2.39. The predicted molar refractivity (Wildman–Crippen MR) is 82.0 cm³/mol. The maximum atomic E-state index is 9.35. The number of benzene rings is 1. The summed E-state index contributed by atoms with van der Waals surface area (Å²) >= 11 is 13.7.